The summed E-state index contributed by atoms with van der Waals surface area (Å²) in [6.45, 7) is 3.14. The van der Waals surface area contributed by atoms with E-state index in [0.717, 1.165) is 6.42 Å². The molecule has 1 N–H and O–H groups in total. The predicted molar refractivity (Wildman–Crippen MR) is 68.1 cm³/mol. The Morgan fingerprint density at radius 1 is 1.72 bits per heavy atom. The minimum Gasteiger partial charge on any atom is -0.363 e. The Kier molecular flexibility index (Phi) is 4.01. The van der Waals surface area contributed by atoms with Gasteiger partial charge in [-0.05, 0) is 12.5 Å². The second kappa shape index (κ2) is 5.52. The summed E-state index contributed by atoms with van der Waals surface area (Å²) in [7, 11) is 0. The number of hydrogen-bond acceptors (Lipinski definition) is 3. The highest BCUT2D eigenvalue weighted by atomic mass is 35.5. The van der Waals surface area contributed by atoms with Crippen LogP contribution in [0.5, 0.6) is 0 Å². The van der Waals surface area contributed by atoms with Gasteiger partial charge in [-0.15, -0.1) is 0 Å². The second-order valence-corrected chi connectivity index (χ2v) is 4.74. The van der Waals surface area contributed by atoms with Crippen molar-refractivity contribution < 1.29 is 9.18 Å². The lowest BCUT2D eigenvalue weighted by Gasteiger charge is -2.16. The van der Waals surface area contributed by atoms with E-state index < -0.39 is 5.82 Å². The van der Waals surface area contributed by atoms with Crippen LogP contribution in [-0.4, -0.2) is 34.9 Å². The molecule has 0 spiro atoms. The van der Waals surface area contributed by atoms with Gasteiger partial charge in [-0.25, -0.2) is 9.37 Å². The molecular formula is C12H15ClFN3O. The van der Waals surface area contributed by atoms with Crippen LogP contribution in [0.15, 0.2) is 12.3 Å². The molecule has 0 saturated carbocycles. The van der Waals surface area contributed by atoms with Crippen LogP contribution >= 0.6 is 11.6 Å². The molecule has 18 heavy (non-hydrogen) atoms. The number of nitrogens with one attached hydrogen (secondary N) is 1. The lowest BCUT2D eigenvalue weighted by atomic mass is 10.2. The zero-order valence-corrected chi connectivity index (χ0v) is 10.9. The summed E-state index contributed by atoms with van der Waals surface area (Å²) >= 11 is 5.63. The molecule has 1 aromatic rings. The van der Waals surface area contributed by atoms with Gasteiger partial charge < -0.3 is 10.2 Å². The number of amides is 1. The van der Waals surface area contributed by atoms with Crippen molar-refractivity contribution in [2.75, 3.05) is 18.4 Å². The number of halogens is 2. The topological polar surface area (TPSA) is 45.2 Å². The Bertz CT molecular complexity index is 455. The first-order valence-corrected chi connectivity index (χ1v) is 6.33. The minimum atomic E-state index is -0.470. The van der Waals surface area contributed by atoms with Crippen molar-refractivity contribution in [3.63, 3.8) is 0 Å². The number of hydrogen-bond donors (Lipinski definition) is 1. The Balaban J connectivity index is 1.97. The normalized spacial score (nSPS) is 19.1. The van der Waals surface area contributed by atoms with E-state index in [0.29, 0.717) is 19.5 Å². The van der Waals surface area contributed by atoms with Gasteiger partial charge in [-0.2, -0.15) is 0 Å². The fourth-order valence-corrected chi connectivity index (χ4v) is 2.19. The van der Waals surface area contributed by atoms with Crippen LogP contribution in [0.4, 0.5) is 10.2 Å². The number of likely N-dealkylation sites (tertiary alicyclic amines) is 1. The average molecular weight is 272 g/mol. The van der Waals surface area contributed by atoms with Gasteiger partial charge in [-0.3, -0.25) is 4.79 Å². The number of carbonyl (C=O) groups is 1. The molecule has 1 fully saturated rings. The molecule has 1 unspecified atom stereocenters. The molecule has 2 heterocycles. The van der Waals surface area contributed by atoms with Crippen LogP contribution in [0.1, 0.15) is 19.8 Å². The Hall–Kier alpha value is -1.36. The van der Waals surface area contributed by atoms with Crippen molar-refractivity contribution in [1.82, 2.24) is 9.88 Å². The van der Waals surface area contributed by atoms with E-state index in [4.69, 9.17) is 11.6 Å². The maximum Gasteiger partial charge on any atom is 0.222 e. The molecule has 2 rings (SSSR count). The third-order valence-electron chi connectivity index (χ3n) is 2.99. The van der Waals surface area contributed by atoms with E-state index in [1.165, 1.54) is 12.3 Å². The highest BCUT2D eigenvalue weighted by molar-refractivity contribution is 6.30. The summed E-state index contributed by atoms with van der Waals surface area (Å²) in [4.78, 5) is 17.2. The second-order valence-electron chi connectivity index (χ2n) is 4.31. The summed E-state index contributed by atoms with van der Waals surface area (Å²) < 4.78 is 13.5. The Morgan fingerprint density at radius 3 is 3.17 bits per heavy atom. The van der Waals surface area contributed by atoms with E-state index in [-0.39, 0.29) is 22.8 Å². The molecule has 6 heteroatoms. The number of anilines is 1. The summed E-state index contributed by atoms with van der Waals surface area (Å²) in [6, 6.07) is 1.27. The van der Waals surface area contributed by atoms with Crippen LogP contribution < -0.4 is 5.32 Å². The third-order valence-corrected chi connectivity index (χ3v) is 3.20. The van der Waals surface area contributed by atoms with Crippen LogP contribution in [-0.2, 0) is 4.79 Å². The maximum atomic E-state index is 13.5. The SMILES string of the molecule is CCC(=O)N1CCC(Nc2ncc(Cl)cc2F)C1. The Morgan fingerprint density at radius 2 is 2.50 bits per heavy atom. The molecule has 1 amide bonds. The number of aromatic nitrogens is 1. The molecule has 0 aliphatic carbocycles. The van der Waals surface area contributed by atoms with Gasteiger partial charge in [-0.1, -0.05) is 18.5 Å². The van der Waals surface area contributed by atoms with E-state index in [9.17, 15) is 9.18 Å². The van der Waals surface area contributed by atoms with Gasteiger partial charge in [0, 0.05) is 31.7 Å². The number of pyridine rings is 1. The van der Waals surface area contributed by atoms with Crippen LogP contribution in [0, 0.1) is 5.82 Å². The van der Waals surface area contributed by atoms with Gasteiger partial charge >= 0.3 is 0 Å². The molecule has 0 aromatic carbocycles. The largest absolute Gasteiger partial charge is 0.363 e. The van der Waals surface area contributed by atoms with Gasteiger partial charge in [0.05, 0.1) is 5.02 Å². The highest BCUT2D eigenvalue weighted by Crippen LogP contribution is 2.19. The molecule has 1 saturated heterocycles. The molecule has 1 aliphatic heterocycles. The molecule has 0 radical (unpaired) electrons. The highest BCUT2D eigenvalue weighted by Gasteiger charge is 2.25. The zero-order valence-electron chi connectivity index (χ0n) is 10.1. The first-order chi connectivity index (χ1) is 8.60. The molecular weight excluding hydrogens is 257 g/mol. The van der Waals surface area contributed by atoms with Crippen molar-refractivity contribution in [3.8, 4) is 0 Å². The monoisotopic (exact) mass is 271 g/mol. The number of carbonyl (C=O) groups excluding carboxylic acids is 1. The number of nitrogens with zero attached hydrogens (tertiary/aromatic N) is 2. The summed E-state index contributed by atoms with van der Waals surface area (Å²) in [5.41, 5.74) is 0. The lowest BCUT2D eigenvalue weighted by molar-refractivity contribution is -0.129. The smallest absolute Gasteiger partial charge is 0.222 e. The van der Waals surface area contributed by atoms with E-state index >= 15 is 0 Å². The number of rotatable bonds is 3. The predicted octanol–water partition coefficient (Wildman–Crippen LogP) is 2.30. The quantitative estimate of drug-likeness (QED) is 0.917. The van der Waals surface area contributed by atoms with E-state index in [1.807, 2.05) is 6.92 Å². The Labute approximate surface area is 110 Å². The molecule has 1 aliphatic rings. The van der Waals surface area contributed by atoms with Gasteiger partial charge in [0.25, 0.3) is 0 Å². The van der Waals surface area contributed by atoms with Crippen molar-refractivity contribution in [2.24, 2.45) is 0 Å². The average Bonchev–Trinajstić information content (AvgIpc) is 2.80. The van der Waals surface area contributed by atoms with Crippen molar-refractivity contribution >= 4 is 23.3 Å². The van der Waals surface area contributed by atoms with Gasteiger partial charge in [0.2, 0.25) is 5.91 Å². The summed E-state index contributed by atoms with van der Waals surface area (Å²) in [5.74, 6) is -0.151. The van der Waals surface area contributed by atoms with Crippen molar-refractivity contribution in [3.05, 3.63) is 23.1 Å². The maximum absolute atomic E-state index is 13.5. The molecule has 1 atom stereocenters. The van der Waals surface area contributed by atoms with Crippen LogP contribution in [0.3, 0.4) is 0 Å². The minimum absolute atomic E-state index is 0.0451. The van der Waals surface area contributed by atoms with Crippen molar-refractivity contribution in [1.29, 1.82) is 0 Å². The van der Waals surface area contributed by atoms with E-state index in [2.05, 4.69) is 10.3 Å². The third kappa shape index (κ3) is 2.90. The molecule has 1 aromatic heterocycles. The van der Waals surface area contributed by atoms with E-state index in [1.54, 1.807) is 4.90 Å². The molecule has 4 nitrogen and oxygen atoms in total. The lowest BCUT2D eigenvalue weighted by Crippen LogP contribution is -2.31. The van der Waals surface area contributed by atoms with Crippen LogP contribution in [0.2, 0.25) is 5.02 Å². The fraction of sp³-hybridized carbons (Fsp3) is 0.500. The van der Waals surface area contributed by atoms with Crippen LogP contribution in [0.25, 0.3) is 0 Å². The fourth-order valence-electron chi connectivity index (χ4n) is 2.04. The molecule has 0 bridgehead atoms. The first kappa shape index (κ1) is 13.1. The summed E-state index contributed by atoms with van der Waals surface area (Å²) in [5, 5.41) is 3.28. The standard InChI is InChI=1S/C12H15ClFN3O/c1-2-11(18)17-4-3-9(7-17)16-12-10(14)5-8(13)6-15-12/h5-6,9H,2-4,7H2,1H3,(H,15,16). The van der Waals surface area contributed by atoms with Gasteiger partial charge in [0.15, 0.2) is 11.6 Å². The zero-order chi connectivity index (χ0) is 13.1. The molecule has 98 valence electrons. The van der Waals surface area contributed by atoms with Gasteiger partial charge in [0.1, 0.15) is 0 Å². The van der Waals surface area contributed by atoms with Crippen molar-refractivity contribution in [2.45, 2.75) is 25.8 Å². The summed E-state index contributed by atoms with van der Waals surface area (Å²) in [6.07, 6.45) is 2.70. The first-order valence-electron chi connectivity index (χ1n) is 5.95.